The van der Waals surface area contributed by atoms with E-state index in [1.54, 1.807) is 0 Å². The third-order valence-corrected chi connectivity index (χ3v) is 4.87. The van der Waals surface area contributed by atoms with E-state index in [1.807, 2.05) is 0 Å². The molecule has 0 N–H and O–H groups in total. The summed E-state index contributed by atoms with van der Waals surface area (Å²) in [6, 6.07) is 0. The molecule has 0 aliphatic heterocycles. The Bertz CT molecular complexity index is 159. The zero-order chi connectivity index (χ0) is 12.1. The van der Waals surface area contributed by atoms with Gasteiger partial charge in [-0.25, -0.2) is 0 Å². The Labute approximate surface area is 97.8 Å². The molecule has 15 heavy (non-hydrogen) atoms. The molecule has 0 radical (unpaired) electrons. The fraction of sp³-hybridized carbons (Fsp3) is 1.00. The number of rotatable bonds is 7. The molecule has 0 saturated heterocycles. The van der Waals surface area contributed by atoms with Gasteiger partial charge < -0.3 is 0 Å². The van der Waals surface area contributed by atoms with E-state index in [9.17, 15) is 0 Å². The highest BCUT2D eigenvalue weighted by molar-refractivity contribution is 4.88. The van der Waals surface area contributed by atoms with Crippen molar-refractivity contribution in [3.05, 3.63) is 0 Å². The molecule has 0 aliphatic carbocycles. The van der Waals surface area contributed by atoms with Crippen LogP contribution >= 0.6 is 0 Å². The average molecular weight is 212 g/mol. The van der Waals surface area contributed by atoms with E-state index in [0.717, 1.165) is 17.8 Å². The second kappa shape index (κ2) is 6.55. The van der Waals surface area contributed by atoms with Crippen LogP contribution < -0.4 is 0 Å². The molecule has 0 rings (SSSR count). The van der Waals surface area contributed by atoms with Crippen molar-refractivity contribution in [3.63, 3.8) is 0 Å². The maximum absolute atomic E-state index is 2.47. The van der Waals surface area contributed by atoms with Crippen LogP contribution in [0.4, 0.5) is 0 Å². The molecule has 0 bridgehead atoms. The Morgan fingerprint density at radius 1 is 0.933 bits per heavy atom. The van der Waals surface area contributed by atoms with Gasteiger partial charge in [0.15, 0.2) is 0 Å². The molecule has 0 heteroatoms. The van der Waals surface area contributed by atoms with Crippen LogP contribution in [-0.2, 0) is 0 Å². The van der Waals surface area contributed by atoms with E-state index in [4.69, 9.17) is 0 Å². The van der Waals surface area contributed by atoms with Crippen LogP contribution in [0, 0.1) is 23.2 Å². The lowest BCUT2D eigenvalue weighted by molar-refractivity contribution is 0.0403. The average Bonchev–Trinajstić information content (AvgIpc) is 2.23. The topological polar surface area (TPSA) is 0 Å². The molecule has 0 aliphatic rings. The van der Waals surface area contributed by atoms with Gasteiger partial charge in [-0.1, -0.05) is 61.3 Å². The Balaban J connectivity index is 4.95. The minimum atomic E-state index is 0.581. The van der Waals surface area contributed by atoms with Gasteiger partial charge >= 0.3 is 0 Å². The lowest BCUT2D eigenvalue weighted by atomic mass is 9.60. The summed E-state index contributed by atoms with van der Waals surface area (Å²) in [4.78, 5) is 0. The SMILES string of the molecule is CCCC(CC)(C(C)CC)C(C)C(C)C. The normalized spacial score (nSPS) is 20.0. The summed E-state index contributed by atoms with van der Waals surface area (Å²) in [6.45, 7) is 16.8. The molecular weight excluding hydrogens is 180 g/mol. The lowest BCUT2D eigenvalue weighted by Gasteiger charge is -2.45. The minimum Gasteiger partial charge on any atom is -0.0654 e. The first-order valence-electron chi connectivity index (χ1n) is 6.96. The summed E-state index contributed by atoms with van der Waals surface area (Å²) in [6.07, 6.45) is 5.40. The predicted octanol–water partition coefficient (Wildman–Crippen LogP) is 5.52. The van der Waals surface area contributed by atoms with Crippen LogP contribution in [0.2, 0.25) is 0 Å². The molecule has 0 aromatic carbocycles. The van der Waals surface area contributed by atoms with Gasteiger partial charge in [0, 0.05) is 0 Å². The molecule has 0 amide bonds. The van der Waals surface area contributed by atoms with E-state index in [1.165, 1.54) is 25.7 Å². The lowest BCUT2D eigenvalue weighted by Crippen LogP contribution is -2.37. The van der Waals surface area contributed by atoms with Crippen molar-refractivity contribution in [1.29, 1.82) is 0 Å². The van der Waals surface area contributed by atoms with Gasteiger partial charge in [0.2, 0.25) is 0 Å². The summed E-state index contributed by atoms with van der Waals surface area (Å²) < 4.78 is 0. The second-order valence-corrected chi connectivity index (χ2v) is 5.68. The van der Waals surface area contributed by atoms with Gasteiger partial charge in [-0.2, -0.15) is 0 Å². The smallest absolute Gasteiger partial charge is 0.0247 e. The molecule has 0 spiro atoms. The third kappa shape index (κ3) is 3.23. The second-order valence-electron chi connectivity index (χ2n) is 5.68. The van der Waals surface area contributed by atoms with Crippen LogP contribution in [0.3, 0.4) is 0 Å². The Hall–Kier alpha value is 0. The summed E-state index contributed by atoms with van der Waals surface area (Å²) in [7, 11) is 0. The highest BCUT2D eigenvalue weighted by Gasteiger charge is 2.38. The van der Waals surface area contributed by atoms with Crippen molar-refractivity contribution in [3.8, 4) is 0 Å². The van der Waals surface area contributed by atoms with Crippen LogP contribution in [0.5, 0.6) is 0 Å². The highest BCUT2D eigenvalue weighted by Crippen LogP contribution is 2.47. The van der Waals surface area contributed by atoms with Gasteiger partial charge in [0.1, 0.15) is 0 Å². The Kier molecular flexibility index (Phi) is 6.55. The first kappa shape index (κ1) is 15.0. The first-order valence-corrected chi connectivity index (χ1v) is 6.96. The molecular formula is C15H32. The van der Waals surface area contributed by atoms with Crippen molar-refractivity contribution in [2.24, 2.45) is 23.2 Å². The molecule has 3 atom stereocenters. The fourth-order valence-corrected chi connectivity index (χ4v) is 3.31. The minimum absolute atomic E-state index is 0.581. The fourth-order valence-electron chi connectivity index (χ4n) is 3.31. The van der Waals surface area contributed by atoms with E-state index in [-0.39, 0.29) is 0 Å². The van der Waals surface area contributed by atoms with E-state index >= 15 is 0 Å². The van der Waals surface area contributed by atoms with Crippen molar-refractivity contribution in [2.75, 3.05) is 0 Å². The molecule has 0 fully saturated rings. The monoisotopic (exact) mass is 212 g/mol. The summed E-state index contributed by atoms with van der Waals surface area (Å²) in [5.74, 6) is 2.52. The molecule has 0 saturated carbocycles. The van der Waals surface area contributed by atoms with Crippen molar-refractivity contribution < 1.29 is 0 Å². The maximum atomic E-state index is 2.47. The molecule has 0 aromatic heterocycles. The van der Waals surface area contributed by atoms with Gasteiger partial charge in [0.05, 0.1) is 0 Å². The van der Waals surface area contributed by atoms with Crippen LogP contribution in [-0.4, -0.2) is 0 Å². The standard InChI is InChI=1S/C15H32/c1-8-11-15(10-3,13(6)9-2)14(7)12(4)5/h12-14H,8-11H2,1-7H3. The van der Waals surface area contributed by atoms with Crippen molar-refractivity contribution >= 4 is 0 Å². The van der Waals surface area contributed by atoms with Crippen LogP contribution in [0.1, 0.15) is 74.1 Å². The summed E-state index contributed by atoms with van der Waals surface area (Å²) in [5, 5.41) is 0. The Morgan fingerprint density at radius 3 is 1.73 bits per heavy atom. The van der Waals surface area contributed by atoms with E-state index < -0.39 is 0 Å². The van der Waals surface area contributed by atoms with Crippen molar-refractivity contribution in [1.82, 2.24) is 0 Å². The predicted molar refractivity (Wildman–Crippen MR) is 71.1 cm³/mol. The van der Waals surface area contributed by atoms with Crippen LogP contribution in [0.15, 0.2) is 0 Å². The van der Waals surface area contributed by atoms with Crippen molar-refractivity contribution in [2.45, 2.75) is 74.1 Å². The van der Waals surface area contributed by atoms with Gasteiger partial charge in [-0.3, -0.25) is 0 Å². The van der Waals surface area contributed by atoms with Gasteiger partial charge in [-0.05, 0) is 36.0 Å². The molecule has 0 aromatic rings. The molecule has 0 nitrogen and oxygen atoms in total. The maximum Gasteiger partial charge on any atom is -0.0247 e. The first-order chi connectivity index (χ1) is 6.96. The zero-order valence-corrected chi connectivity index (χ0v) is 12.1. The Morgan fingerprint density at radius 2 is 1.47 bits per heavy atom. The zero-order valence-electron chi connectivity index (χ0n) is 12.1. The number of hydrogen-bond donors (Lipinski definition) is 0. The number of hydrogen-bond acceptors (Lipinski definition) is 0. The quantitative estimate of drug-likeness (QED) is 0.521. The highest BCUT2D eigenvalue weighted by atomic mass is 14.4. The van der Waals surface area contributed by atoms with Crippen LogP contribution in [0.25, 0.3) is 0 Å². The summed E-state index contributed by atoms with van der Waals surface area (Å²) >= 11 is 0. The van der Waals surface area contributed by atoms with E-state index in [2.05, 4.69) is 48.5 Å². The largest absolute Gasteiger partial charge is 0.0654 e. The van der Waals surface area contributed by atoms with Gasteiger partial charge in [0.25, 0.3) is 0 Å². The van der Waals surface area contributed by atoms with E-state index in [0.29, 0.717) is 5.41 Å². The summed E-state index contributed by atoms with van der Waals surface area (Å²) in [5.41, 5.74) is 0.581. The molecule has 0 heterocycles. The van der Waals surface area contributed by atoms with Gasteiger partial charge in [-0.15, -0.1) is 0 Å². The third-order valence-electron chi connectivity index (χ3n) is 4.87. The molecule has 92 valence electrons. The molecule has 3 unspecified atom stereocenters.